The van der Waals surface area contributed by atoms with Crippen molar-refractivity contribution in [2.45, 2.75) is 10.1 Å². The van der Waals surface area contributed by atoms with Gasteiger partial charge >= 0.3 is 0 Å². The lowest BCUT2D eigenvalue weighted by molar-refractivity contribution is -0.129. The first kappa shape index (κ1) is 22.2. The van der Waals surface area contributed by atoms with Crippen molar-refractivity contribution >= 4 is 38.7 Å². The molecule has 0 saturated carbocycles. The molecule has 12 heteroatoms. The molecule has 1 amide bonds. The Morgan fingerprint density at radius 1 is 1.16 bits per heavy atom. The van der Waals surface area contributed by atoms with Crippen LogP contribution in [0.1, 0.15) is 5.56 Å². The van der Waals surface area contributed by atoms with Gasteiger partial charge in [0.25, 0.3) is 0 Å². The fraction of sp³-hybridized carbons (Fsp3) is 0.250. The molecule has 32 heavy (non-hydrogen) atoms. The molecule has 0 bridgehead atoms. The van der Waals surface area contributed by atoms with E-state index in [-0.39, 0.29) is 53.8 Å². The van der Waals surface area contributed by atoms with E-state index in [9.17, 15) is 27.3 Å². The standard InChI is InChI=1S/C20H17F2N5O3S2/c21-14-9-16-17(10-15(14)22)25-20(24-16)31-12-19(28)26-5-7-27(8-6-26)32(29,30)18-4-2-1-3-13(18)11-23/h1-4,9-10H,5-8,12H2,(H,24,25). The number of nitrogens with one attached hydrogen (secondary N) is 1. The highest BCUT2D eigenvalue weighted by molar-refractivity contribution is 7.99. The Morgan fingerprint density at radius 3 is 2.56 bits per heavy atom. The van der Waals surface area contributed by atoms with Gasteiger partial charge in [-0.1, -0.05) is 23.9 Å². The number of hydrogen-bond acceptors (Lipinski definition) is 6. The molecule has 1 aliphatic heterocycles. The quantitative estimate of drug-likeness (QED) is 0.565. The first-order valence-corrected chi connectivity index (χ1v) is 12.0. The molecule has 0 unspecified atom stereocenters. The number of aromatic nitrogens is 2. The maximum atomic E-state index is 13.3. The molecule has 1 fully saturated rings. The summed E-state index contributed by atoms with van der Waals surface area (Å²) >= 11 is 1.10. The summed E-state index contributed by atoms with van der Waals surface area (Å²) in [4.78, 5) is 21.0. The minimum absolute atomic E-state index is 0.0365. The SMILES string of the molecule is N#Cc1ccccc1S(=O)(=O)N1CCN(C(=O)CSc2nc3cc(F)c(F)cc3[nH]2)CC1. The smallest absolute Gasteiger partial charge is 0.244 e. The monoisotopic (exact) mass is 477 g/mol. The number of thioether (sulfide) groups is 1. The normalized spacial score (nSPS) is 15.1. The van der Waals surface area contributed by atoms with Crippen molar-refractivity contribution in [3.05, 3.63) is 53.6 Å². The zero-order valence-electron chi connectivity index (χ0n) is 16.6. The van der Waals surface area contributed by atoms with Crippen LogP contribution in [0.3, 0.4) is 0 Å². The highest BCUT2D eigenvalue weighted by atomic mass is 32.2. The molecule has 0 radical (unpaired) electrons. The summed E-state index contributed by atoms with van der Waals surface area (Å²) in [5.41, 5.74) is 0.665. The molecule has 2 heterocycles. The molecule has 0 aliphatic carbocycles. The van der Waals surface area contributed by atoms with Crippen molar-refractivity contribution in [2.75, 3.05) is 31.9 Å². The molecule has 3 aromatic rings. The van der Waals surface area contributed by atoms with Gasteiger partial charge in [-0.25, -0.2) is 22.2 Å². The van der Waals surface area contributed by atoms with Crippen molar-refractivity contribution in [1.82, 2.24) is 19.2 Å². The highest BCUT2D eigenvalue weighted by Gasteiger charge is 2.31. The van der Waals surface area contributed by atoms with Crippen LogP contribution in [0.5, 0.6) is 0 Å². The van der Waals surface area contributed by atoms with Gasteiger partial charge in [0.15, 0.2) is 16.8 Å². The van der Waals surface area contributed by atoms with Crippen molar-refractivity contribution in [1.29, 1.82) is 5.26 Å². The molecular formula is C20H17F2N5O3S2. The molecule has 2 aromatic carbocycles. The molecular weight excluding hydrogens is 460 g/mol. The van der Waals surface area contributed by atoms with Crippen molar-refractivity contribution in [3.8, 4) is 6.07 Å². The van der Waals surface area contributed by atoms with E-state index in [2.05, 4.69) is 9.97 Å². The third-order valence-corrected chi connectivity index (χ3v) is 7.87. The molecule has 4 rings (SSSR count). The Kier molecular flexibility index (Phi) is 6.14. The Bertz CT molecular complexity index is 1290. The Labute approximate surface area is 186 Å². The lowest BCUT2D eigenvalue weighted by atomic mass is 10.2. The van der Waals surface area contributed by atoms with Crippen LogP contribution in [-0.2, 0) is 14.8 Å². The van der Waals surface area contributed by atoms with E-state index < -0.39 is 21.7 Å². The molecule has 166 valence electrons. The zero-order chi connectivity index (χ0) is 22.9. The predicted octanol–water partition coefficient (Wildman–Crippen LogP) is 2.34. The maximum Gasteiger partial charge on any atom is 0.244 e. The number of amides is 1. The Morgan fingerprint density at radius 2 is 1.84 bits per heavy atom. The van der Waals surface area contributed by atoms with E-state index in [4.69, 9.17) is 0 Å². The van der Waals surface area contributed by atoms with Crippen LogP contribution < -0.4 is 0 Å². The average Bonchev–Trinajstić information content (AvgIpc) is 3.19. The first-order chi connectivity index (χ1) is 15.3. The van der Waals surface area contributed by atoms with Crippen LogP contribution in [-0.4, -0.2) is 65.4 Å². The van der Waals surface area contributed by atoms with Crippen molar-refractivity contribution in [2.24, 2.45) is 0 Å². The molecule has 1 N–H and O–H groups in total. The number of fused-ring (bicyclic) bond motifs is 1. The average molecular weight is 478 g/mol. The number of nitrogens with zero attached hydrogens (tertiary/aromatic N) is 4. The number of piperazine rings is 1. The van der Waals surface area contributed by atoms with E-state index >= 15 is 0 Å². The third-order valence-electron chi connectivity index (χ3n) is 5.05. The van der Waals surface area contributed by atoms with Crippen LogP contribution in [0.15, 0.2) is 46.5 Å². The number of sulfonamides is 1. The predicted molar refractivity (Wildman–Crippen MR) is 113 cm³/mol. The fourth-order valence-corrected chi connectivity index (χ4v) is 5.72. The number of carbonyl (C=O) groups is 1. The Balaban J connectivity index is 1.36. The first-order valence-electron chi connectivity index (χ1n) is 9.54. The summed E-state index contributed by atoms with van der Waals surface area (Å²) in [6.07, 6.45) is 0. The second-order valence-corrected chi connectivity index (χ2v) is 9.88. The summed E-state index contributed by atoms with van der Waals surface area (Å²) in [6, 6.07) is 9.89. The second kappa shape index (κ2) is 8.85. The van der Waals surface area contributed by atoms with E-state index in [0.29, 0.717) is 10.7 Å². The van der Waals surface area contributed by atoms with Gasteiger partial charge in [0.05, 0.1) is 27.2 Å². The summed E-state index contributed by atoms with van der Waals surface area (Å²) in [7, 11) is -3.84. The van der Waals surface area contributed by atoms with Gasteiger partial charge in [-0.3, -0.25) is 4.79 Å². The van der Waals surface area contributed by atoms with E-state index in [1.807, 2.05) is 6.07 Å². The molecule has 1 aromatic heterocycles. The number of rotatable bonds is 5. The number of hydrogen-bond donors (Lipinski definition) is 1. The minimum atomic E-state index is -3.84. The summed E-state index contributed by atoms with van der Waals surface area (Å²) in [5, 5.41) is 9.54. The van der Waals surface area contributed by atoms with Crippen LogP contribution in [0, 0.1) is 23.0 Å². The van der Waals surface area contributed by atoms with Gasteiger partial charge in [-0.05, 0) is 12.1 Å². The number of H-pyrrole nitrogens is 1. The number of aromatic amines is 1. The number of imidazole rings is 1. The van der Waals surface area contributed by atoms with Gasteiger partial charge < -0.3 is 9.88 Å². The molecule has 0 spiro atoms. The van der Waals surface area contributed by atoms with Gasteiger partial charge in [-0.2, -0.15) is 9.57 Å². The van der Waals surface area contributed by atoms with Crippen LogP contribution in [0.25, 0.3) is 11.0 Å². The maximum absolute atomic E-state index is 13.3. The van der Waals surface area contributed by atoms with Gasteiger partial charge in [-0.15, -0.1) is 0 Å². The van der Waals surface area contributed by atoms with Crippen LogP contribution in [0.2, 0.25) is 0 Å². The molecule has 0 atom stereocenters. The van der Waals surface area contributed by atoms with Gasteiger partial charge in [0.2, 0.25) is 15.9 Å². The number of carbonyl (C=O) groups excluding carboxylic acids is 1. The zero-order valence-corrected chi connectivity index (χ0v) is 18.2. The fourth-order valence-electron chi connectivity index (χ4n) is 3.37. The van der Waals surface area contributed by atoms with Crippen molar-refractivity contribution < 1.29 is 22.0 Å². The molecule has 1 saturated heterocycles. The lowest BCUT2D eigenvalue weighted by Gasteiger charge is -2.34. The molecule has 1 aliphatic rings. The number of benzene rings is 2. The van der Waals surface area contributed by atoms with E-state index in [1.54, 1.807) is 17.0 Å². The topological polar surface area (TPSA) is 110 Å². The largest absolute Gasteiger partial charge is 0.339 e. The van der Waals surface area contributed by atoms with Crippen LogP contribution >= 0.6 is 11.8 Å². The number of nitriles is 1. The second-order valence-electron chi connectivity index (χ2n) is 7.01. The van der Waals surface area contributed by atoms with E-state index in [1.165, 1.54) is 16.4 Å². The van der Waals surface area contributed by atoms with Crippen LogP contribution in [0.4, 0.5) is 8.78 Å². The lowest BCUT2D eigenvalue weighted by Crippen LogP contribution is -2.51. The summed E-state index contributed by atoms with van der Waals surface area (Å²) < 4.78 is 53.7. The highest BCUT2D eigenvalue weighted by Crippen LogP contribution is 2.24. The number of halogens is 2. The van der Waals surface area contributed by atoms with Gasteiger partial charge in [0, 0.05) is 38.3 Å². The summed E-state index contributed by atoms with van der Waals surface area (Å²) in [5.74, 6) is -2.16. The van der Waals surface area contributed by atoms with Crippen molar-refractivity contribution in [3.63, 3.8) is 0 Å². The minimum Gasteiger partial charge on any atom is -0.339 e. The third kappa shape index (κ3) is 4.32. The Hall–Kier alpha value is -3.01. The van der Waals surface area contributed by atoms with E-state index in [0.717, 1.165) is 23.9 Å². The van der Waals surface area contributed by atoms with Gasteiger partial charge in [0.1, 0.15) is 6.07 Å². The summed E-state index contributed by atoms with van der Waals surface area (Å²) in [6.45, 7) is 0.650. The molecule has 8 nitrogen and oxygen atoms in total.